The lowest BCUT2D eigenvalue weighted by molar-refractivity contribution is -0.0369. The van der Waals surface area contributed by atoms with Crippen LogP contribution in [0.15, 0.2) is 30.3 Å². The Hall–Kier alpha value is -0.860. The molecule has 0 radical (unpaired) electrons. The Balaban J connectivity index is 1.95. The minimum absolute atomic E-state index is 0.178. The van der Waals surface area contributed by atoms with E-state index in [2.05, 4.69) is 56.4 Å². The smallest absolute Gasteiger partial charge is 0.0953 e. The van der Waals surface area contributed by atoms with Crippen LogP contribution in [0.25, 0.3) is 0 Å². The largest absolute Gasteiger partial charge is 0.369 e. The minimum atomic E-state index is 0.178. The first kappa shape index (κ1) is 15.5. The van der Waals surface area contributed by atoms with Crippen molar-refractivity contribution in [3.05, 3.63) is 35.9 Å². The highest BCUT2D eigenvalue weighted by Gasteiger charge is 2.23. The van der Waals surface area contributed by atoms with Gasteiger partial charge in [-0.25, -0.2) is 0 Å². The second kappa shape index (κ2) is 7.80. The van der Waals surface area contributed by atoms with Gasteiger partial charge in [-0.1, -0.05) is 51.1 Å². The van der Waals surface area contributed by atoms with Crippen molar-refractivity contribution in [1.82, 2.24) is 5.32 Å². The molecule has 1 aromatic carbocycles. The summed E-state index contributed by atoms with van der Waals surface area (Å²) in [6.45, 7) is 7.62. The number of hydrogen-bond donors (Lipinski definition) is 1. The van der Waals surface area contributed by atoms with Gasteiger partial charge in [0.15, 0.2) is 0 Å². The van der Waals surface area contributed by atoms with Crippen molar-refractivity contribution in [2.45, 2.75) is 64.7 Å². The number of rotatable bonds is 6. The molecule has 1 saturated carbocycles. The SMILES string of the molecule is CC1CCC(OC(CNC(C)C)c2ccccc2)CC1. The Kier molecular flexibility index (Phi) is 6.06. The molecular weight excluding hydrogens is 246 g/mol. The molecule has 20 heavy (non-hydrogen) atoms. The highest BCUT2D eigenvalue weighted by molar-refractivity contribution is 5.18. The summed E-state index contributed by atoms with van der Waals surface area (Å²) in [5, 5.41) is 3.52. The summed E-state index contributed by atoms with van der Waals surface area (Å²) in [6, 6.07) is 11.1. The second-order valence-electron chi connectivity index (χ2n) is 6.48. The normalized spacial score (nSPS) is 24.8. The lowest BCUT2D eigenvalue weighted by atomic mass is 9.89. The minimum Gasteiger partial charge on any atom is -0.369 e. The van der Waals surface area contributed by atoms with E-state index in [-0.39, 0.29) is 6.10 Å². The third kappa shape index (κ3) is 4.92. The van der Waals surface area contributed by atoms with Crippen LogP contribution < -0.4 is 5.32 Å². The maximum Gasteiger partial charge on any atom is 0.0953 e. The zero-order valence-electron chi connectivity index (χ0n) is 13.1. The highest BCUT2D eigenvalue weighted by atomic mass is 16.5. The topological polar surface area (TPSA) is 21.3 Å². The Labute approximate surface area is 123 Å². The molecule has 1 aromatic rings. The molecule has 2 heteroatoms. The molecular formula is C18H29NO. The molecule has 1 aliphatic carbocycles. The van der Waals surface area contributed by atoms with Gasteiger partial charge in [-0.05, 0) is 37.2 Å². The van der Waals surface area contributed by atoms with E-state index in [9.17, 15) is 0 Å². The molecule has 0 aromatic heterocycles. The monoisotopic (exact) mass is 275 g/mol. The van der Waals surface area contributed by atoms with Gasteiger partial charge in [0, 0.05) is 12.6 Å². The summed E-state index contributed by atoms with van der Waals surface area (Å²) in [4.78, 5) is 0. The first-order valence-electron chi connectivity index (χ1n) is 8.09. The summed E-state index contributed by atoms with van der Waals surface area (Å²) in [5.74, 6) is 0.874. The van der Waals surface area contributed by atoms with Crippen LogP contribution in [0.3, 0.4) is 0 Å². The summed E-state index contributed by atoms with van der Waals surface area (Å²) in [6.07, 6.45) is 5.66. The Morgan fingerprint density at radius 1 is 1.10 bits per heavy atom. The summed E-state index contributed by atoms with van der Waals surface area (Å²) in [5.41, 5.74) is 1.29. The molecule has 1 N–H and O–H groups in total. The molecule has 1 fully saturated rings. The fraction of sp³-hybridized carbons (Fsp3) is 0.667. The standard InChI is InChI=1S/C18H29NO/c1-14(2)19-13-18(16-7-5-4-6-8-16)20-17-11-9-15(3)10-12-17/h4-8,14-15,17-19H,9-13H2,1-3H3. The number of nitrogens with one attached hydrogen (secondary N) is 1. The van der Waals surface area contributed by atoms with Crippen LogP contribution in [-0.4, -0.2) is 18.7 Å². The van der Waals surface area contributed by atoms with Crippen LogP contribution in [0.1, 0.15) is 58.1 Å². The van der Waals surface area contributed by atoms with Crippen LogP contribution in [0.5, 0.6) is 0 Å². The quantitative estimate of drug-likeness (QED) is 0.834. The fourth-order valence-corrected chi connectivity index (χ4v) is 2.85. The Morgan fingerprint density at radius 2 is 1.75 bits per heavy atom. The number of hydrogen-bond acceptors (Lipinski definition) is 2. The summed E-state index contributed by atoms with van der Waals surface area (Å²) < 4.78 is 6.41. The molecule has 0 saturated heterocycles. The molecule has 112 valence electrons. The van der Waals surface area contributed by atoms with E-state index in [0.717, 1.165) is 12.5 Å². The molecule has 1 aliphatic rings. The molecule has 0 heterocycles. The van der Waals surface area contributed by atoms with Gasteiger partial charge < -0.3 is 10.1 Å². The van der Waals surface area contributed by atoms with Gasteiger partial charge in [-0.3, -0.25) is 0 Å². The van der Waals surface area contributed by atoms with Crippen LogP contribution in [0.2, 0.25) is 0 Å². The van der Waals surface area contributed by atoms with Gasteiger partial charge in [0.25, 0.3) is 0 Å². The van der Waals surface area contributed by atoms with E-state index in [4.69, 9.17) is 4.74 Å². The molecule has 1 atom stereocenters. The molecule has 0 aliphatic heterocycles. The first-order valence-corrected chi connectivity index (χ1v) is 8.09. The van der Waals surface area contributed by atoms with Crippen molar-refractivity contribution < 1.29 is 4.74 Å². The van der Waals surface area contributed by atoms with Gasteiger partial charge in [-0.2, -0.15) is 0 Å². The van der Waals surface area contributed by atoms with E-state index in [0.29, 0.717) is 12.1 Å². The van der Waals surface area contributed by atoms with E-state index in [1.165, 1.54) is 31.2 Å². The molecule has 0 spiro atoms. The Bertz CT molecular complexity index is 368. The zero-order valence-corrected chi connectivity index (χ0v) is 13.1. The van der Waals surface area contributed by atoms with Crippen molar-refractivity contribution in [3.8, 4) is 0 Å². The van der Waals surface area contributed by atoms with Crippen LogP contribution in [0.4, 0.5) is 0 Å². The predicted octanol–water partition coefficient (Wildman–Crippen LogP) is 4.32. The van der Waals surface area contributed by atoms with Gasteiger partial charge in [0.2, 0.25) is 0 Å². The van der Waals surface area contributed by atoms with Crippen LogP contribution in [-0.2, 0) is 4.74 Å². The Morgan fingerprint density at radius 3 is 2.35 bits per heavy atom. The van der Waals surface area contributed by atoms with Gasteiger partial charge in [0.1, 0.15) is 0 Å². The first-order chi connectivity index (χ1) is 9.65. The molecule has 2 nitrogen and oxygen atoms in total. The van der Waals surface area contributed by atoms with Gasteiger partial charge in [0.05, 0.1) is 12.2 Å². The van der Waals surface area contributed by atoms with E-state index < -0.39 is 0 Å². The van der Waals surface area contributed by atoms with Gasteiger partial charge in [-0.15, -0.1) is 0 Å². The molecule has 0 amide bonds. The zero-order chi connectivity index (χ0) is 14.4. The van der Waals surface area contributed by atoms with E-state index in [1.54, 1.807) is 0 Å². The summed E-state index contributed by atoms with van der Waals surface area (Å²) in [7, 11) is 0. The molecule has 1 unspecified atom stereocenters. The third-order valence-corrected chi connectivity index (χ3v) is 4.20. The number of ether oxygens (including phenoxy) is 1. The highest BCUT2D eigenvalue weighted by Crippen LogP contribution is 2.29. The van der Waals surface area contributed by atoms with Crippen LogP contribution >= 0.6 is 0 Å². The lowest BCUT2D eigenvalue weighted by Gasteiger charge is -2.31. The summed E-state index contributed by atoms with van der Waals surface area (Å²) >= 11 is 0. The predicted molar refractivity (Wildman–Crippen MR) is 84.8 cm³/mol. The van der Waals surface area contributed by atoms with Crippen molar-refractivity contribution in [3.63, 3.8) is 0 Å². The van der Waals surface area contributed by atoms with Crippen LogP contribution in [0, 0.1) is 5.92 Å². The molecule has 0 bridgehead atoms. The fourth-order valence-electron chi connectivity index (χ4n) is 2.85. The van der Waals surface area contributed by atoms with Crippen molar-refractivity contribution in [2.75, 3.05) is 6.54 Å². The van der Waals surface area contributed by atoms with Gasteiger partial charge >= 0.3 is 0 Å². The van der Waals surface area contributed by atoms with E-state index in [1.807, 2.05) is 0 Å². The average Bonchev–Trinajstić information content (AvgIpc) is 2.46. The van der Waals surface area contributed by atoms with Crippen molar-refractivity contribution in [2.24, 2.45) is 5.92 Å². The number of benzene rings is 1. The maximum atomic E-state index is 6.41. The third-order valence-electron chi connectivity index (χ3n) is 4.20. The molecule has 2 rings (SSSR count). The van der Waals surface area contributed by atoms with Crippen molar-refractivity contribution >= 4 is 0 Å². The van der Waals surface area contributed by atoms with Crippen molar-refractivity contribution in [1.29, 1.82) is 0 Å². The maximum absolute atomic E-state index is 6.41. The lowest BCUT2D eigenvalue weighted by Crippen LogP contribution is -2.32. The van der Waals surface area contributed by atoms with E-state index >= 15 is 0 Å². The average molecular weight is 275 g/mol. The second-order valence-corrected chi connectivity index (χ2v) is 6.48.